The number of hydrogen-bond acceptors (Lipinski definition) is 2. The molecule has 0 aromatic heterocycles. The van der Waals surface area contributed by atoms with Crippen LogP contribution in [0, 0.1) is 5.82 Å². The van der Waals surface area contributed by atoms with Crippen LogP contribution in [0.25, 0.3) is 0 Å². The predicted molar refractivity (Wildman–Crippen MR) is 81.6 cm³/mol. The zero-order valence-electron chi connectivity index (χ0n) is 12.0. The summed E-state index contributed by atoms with van der Waals surface area (Å²) in [7, 11) is 0. The Kier molecular flexibility index (Phi) is 4.04. The number of rotatable bonds is 3. The van der Waals surface area contributed by atoms with E-state index in [2.05, 4.69) is 17.4 Å². The molecule has 2 nitrogen and oxygen atoms in total. The van der Waals surface area contributed by atoms with Crippen LogP contribution in [0.15, 0.2) is 48.5 Å². The van der Waals surface area contributed by atoms with Crippen molar-refractivity contribution >= 4 is 0 Å². The molecule has 1 aliphatic heterocycles. The fourth-order valence-electron chi connectivity index (χ4n) is 2.90. The Balaban J connectivity index is 1.73. The number of aliphatic hydroxyl groups is 1. The minimum atomic E-state index is -0.695. The predicted octanol–water partition coefficient (Wildman–Crippen LogP) is 2.99. The second-order valence-electron chi connectivity index (χ2n) is 5.78. The number of nitrogens with one attached hydrogen (secondary N) is 1. The third kappa shape index (κ3) is 3.31. The van der Waals surface area contributed by atoms with Gasteiger partial charge in [-0.05, 0) is 61.2 Å². The van der Waals surface area contributed by atoms with Gasteiger partial charge in [0.2, 0.25) is 0 Å². The molecule has 0 bridgehead atoms. The van der Waals surface area contributed by atoms with Crippen LogP contribution >= 0.6 is 0 Å². The molecule has 110 valence electrons. The zero-order chi connectivity index (χ0) is 14.7. The van der Waals surface area contributed by atoms with Crippen molar-refractivity contribution in [1.82, 2.24) is 5.32 Å². The number of hydrogen-bond donors (Lipinski definition) is 2. The van der Waals surface area contributed by atoms with Gasteiger partial charge in [-0.2, -0.15) is 0 Å². The highest BCUT2D eigenvalue weighted by Gasteiger charge is 2.30. The number of halogens is 1. The van der Waals surface area contributed by atoms with Gasteiger partial charge in [-0.25, -0.2) is 4.39 Å². The molecule has 2 aromatic carbocycles. The van der Waals surface area contributed by atoms with Crippen LogP contribution in [0.1, 0.15) is 29.5 Å². The maximum absolute atomic E-state index is 12.9. The van der Waals surface area contributed by atoms with E-state index < -0.39 is 5.60 Å². The first-order valence-corrected chi connectivity index (χ1v) is 7.43. The molecule has 0 amide bonds. The SMILES string of the molecule is OC1(c2ccc(Cc3ccc(F)cc3)cc2)CCNCC1. The van der Waals surface area contributed by atoms with Crippen LogP contribution < -0.4 is 5.32 Å². The van der Waals surface area contributed by atoms with Gasteiger partial charge in [-0.15, -0.1) is 0 Å². The standard InChI is InChI=1S/C18H20FNO/c19-17-7-3-15(4-8-17)13-14-1-5-16(6-2-14)18(21)9-11-20-12-10-18/h1-8,20-21H,9-13H2. The summed E-state index contributed by atoms with van der Waals surface area (Å²) in [6, 6.07) is 14.7. The number of piperidine rings is 1. The fraction of sp³-hybridized carbons (Fsp3) is 0.333. The molecule has 1 saturated heterocycles. The second-order valence-corrected chi connectivity index (χ2v) is 5.78. The smallest absolute Gasteiger partial charge is 0.123 e. The first-order valence-electron chi connectivity index (χ1n) is 7.43. The van der Waals surface area contributed by atoms with Gasteiger partial charge in [0.25, 0.3) is 0 Å². The lowest BCUT2D eigenvalue weighted by Crippen LogP contribution is -2.39. The van der Waals surface area contributed by atoms with Crippen LogP contribution in [-0.4, -0.2) is 18.2 Å². The summed E-state index contributed by atoms with van der Waals surface area (Å²) in [6.07, 6.45) is 2.29. The van der Waals surface area contributed by atoms with Crippen molar-refractivity contribution in [3.05, 3.63) is 71.0 Å². The van der Waals surface area contributed by atoms with E-state index in [-0.39, 0.29) is 5.82 Å². The molecule has 1 heterocycles. The summed E-state index contributed by atoms with van der Waals surface area (Å²) >= 11 is 0. The van der Waals surface area contributed by atoms with E-state index in [4.69, 9.17) is 0 Å². The third-order valence-electron chi connectivity index (χ3n) is 4.24. The van der Waals surface area contributed by atoms with Gasteiger partial charge in [-0.3, -0.25) is 0 Å². The molecular formula is C18H20FNO. The Labute approximate surface area is 124 Å². The van der Waals surface area contributed by atoms with Crippen molar-refractivity contribution in [2.45, 2.75) is 24.9 Å². The summed E-state index contributed by atoms with van der Waals surface area (Å²) < 4.78 is 12.9. The molecule has 0 atom stereocenters. The molecule has 1 aliphatic rings. The first-order chi connectivity index (χ1) is 10.2. The molecule has 21 heavy (non-hydrogen) atoms. The van der Waals surface area contributed by atoms with Crippen LogP contribution in [0.2, 0.25) is 0 Å². The lowest BCUT2D eigenvalue weighted by Gasteiger charge is -2.33. The second kappa shape index (κ2) is 5.96. The van der Waals surface area contributed by atoms with Crippen molar-refractivity contribution in [2.75, 3.05) is 13.1 Å². The molecule has 0 aliphatic carbocycles. The van der Waals surface area contributed by atoms with Gasteiger partial charge in [0.15, 0.2) is 0 Å². The minimum Gasteiger partial charge on any atom is -0.385 e. The highest BCUT2D eigenvalue weighted by atomic mass is 19.1. The van der Waals surface area contributed by atoms with Gasteiger partial charge in [-0.1, -0.05) is 36.4 Å². The quantitative estimate of drug-likeness (QED) is 0.908. The molecule has 0 radical (unpaired) electrons. The van der Waals surface area contributed by atoms with Crippen LogP contribution in [0.4, 0.5) is 4.39 Å². The van der Waals surface area contributed by atoms with Gasteiger partial charge in [0, 0.05) is 0 Å². The summed E-state index contributed by atoms with van der Waals surface area (Å²) in [5, 5.41) is 13.9. The average Bonchev–Trinajstić information content (AvgIpc) is 2.51. The molecule has 3 rings (SSSR count). The van der Waals surface area contributed by atoms with Gasteiger partial charge in [0.1, 0.15) is 5.82 Å². The Morgan fingerprint density at radius 3 is 2.00 bits per heavy atom. The topological polar surface area (TPSA) is 32.3 Å². The van der Waals surface area contributed by atoms with Crippen molar-refractivity contribution in [1.29, 1.82) is 0 Å². The van der Waals surface area contributed by atoms with Crippen LogP contribution in [0.3, 0.4) is 0 Å². The molecule has 0 unspecified atom stereocenters. The van der Waals surface area contributed by atoms with Crippen LogP contribution in [-0.2, 0) is 12.0 Å². The molecule has 2 N–H and O–H groups in total. The Morgan fingerprint density at radius 2 is 1.43 bits per heavy atom. The zero-order valence-corrected chi connectivity index (χ0v) is 12.0. The van der Waals surface area contributed by atoms with Gasteiger partial charge in [0.05, 0.1) is 5.60 Å². The van der Waals surface area contributed by atoms with Crippen LogP contribution in [0.5, 0.6) is 0 Å². The van der Waals surface area contributed by atoms with Crippen molar-refractivity contribution < 1.29 is 9.50 Å². The van der Waals surface area contributed by atoms with Crippen molar-refractivity contribution in [3.8, 4) is 0 Å². The summed E-state index contributed by atoms with van der Waals surface area (Å²) in [4.78, 5) is 0. The van der Waals surface area contributed by atoms with E-state index in [0.29, 0.717) is 0 Å². The maximum atomic E-state index is 12.9. The fourth-order valence-corrected chi connectivity index (χ4v) is 2.90. The van der Waals surface area contributed by atoms with E-state index in [1.54, 1.807) is 0 Å². The third-order valence-corrected chi connectivity index (χ3v) is 4.24. The summed E-state index contributed by atoms with van der Waals surface area (Å²) in [6.45, 7) is 1.71. The Bertz CT molecular complexity index is 586. The Hall–Kier alpha value is -1.71. The van der Waals surface area contributed by atoms with Gasteiger partial charge >= 0.3 is 0 Å². The van der Waals surface area contributed by atoms with E-state index in [1.165, 1.54) is 17.7 Å². The van der Waals surface area contributed by atoms with E-state index in [9.17, 15) is 9.50 Å². The van der Waals surface area contributed by atoms with Gasteiger partial charge < -0.3 is 10.4 Å². The highest BCUT2D eigenvalue weighted by Crippen LogP contribution is 2.30. The summed E-state index contributed by atoms with van der Waals surface area (Å²) in [5.41, 5.74) is 2.55. The molecule has 0 saturated carbocycles. The minimum absolute atomic E-state index is 0.206. The lowest BCUT2D eigenvalue weighted by atomic mass is 9.84. The van der Waals surface area contributed by atoms with Crippen molar-refractivity contribution in [2.24, 2.45) is 0 Å². The first kappa shape index (κ1) is 14.2. The molecule has 1 fully saturated rings. The largest absolute Gasteiger partial charge is 0.385 e. The number of benzene rings is 2. The van der Waals surface area contributed by atoms with E-state index in [1.807, 2.05) is 24.3 Å². The molecule has 2 aromatic rings. The molecular weight excluding hydrogens is 265 g/mol. The van der Waals surface area contributed by atoms with E-state index >= 15 is 0 Å². The molecule has 3 heteroatoms. The van der Waals surface area contributed by atoms with Crippen molar-refractivity contribution in [3.63, 3.8) is 0 Å². The monoisotopic (exact) mass is 285 g/mol. The normalized spacial score (nSPS) is 17.6. The summed E-state index contributed by atoms with van der Waals surface area (Å²) in [5.74, 6) is -0.206. The Morgan fingerprint density at radius 1 is 0.905 bits per heavy atom. The highest BCUT2D eigenvalue weighted by molar-refractivity contribution is 5.31. The average molecular weight is 285 g/mol. The van der Waals surface area contributed by atoms with E-state index in [0.717, 1.165) is 43.5 Å². The maximum Gasteiger partial charge on any atom is 0.123 e. The molecule has 0 spiro atoms. The lowest BCUT2D eigenvalue weighted by molar-refractivity contribution is 0.00593.